The Kier molecular flexibility index (Phi) is 44.7. The van der Waals surface area contributed by atoms with Crippen LogP contribution in [0.15, 0.2) is 342 Å². The molecular weight excluding hydrogens is 2270 g/mol. The van der Waals surface area contributed by atoms with Crippen LogP contribution in [0.5, 0.6) is 5.75 Å². The first-order valence-corrected chi connectivity index (χ1v) is 40.8. The number of benzene rings is 5. The molecule has 0 fully saturated rings. The molecule has 0 atom stereocenters. The maximum absolute atomic E-state index is 10.0. The van der Waals surface area contributed by atoms with Crippen LogP contribution in [0.3, 0.4) is 0 Å². The molecule has 5 aromatic carbocycles. The summed E-state index contributed by atoms with van der Waals surface area (Å²) in [5.74, 6) is 0.0515. The smallest absolute Gasteiger partial charge is 0.155 e. The maximum Gasteiger partial charge on any atom is 0.155 e. The number of para-hydroxylation sites is 1. The number of nitrogens with zero attached hydrogens (tertiary/aromatic N) is 8. The fraction of sp³-hybridized carbons (Fsp3) is 0.218. The number of pyridine rings is 4. The van der Waals surface area contributed by atoms with Gasteiger partial charge in [-0.05, 0) is 228 Å². The number of phenols is 1. The molecule has 0 aliphatic carbocycles. The summed E-state index contributed by atoms with van der Waals surface area (Å²) >= 11 is 3.46. The fourth-order valence-electron chi connectivity index (χ4n) is 13.6. The summed E-state index contributed by atoms with van der Waals surface area (Å²) in [5.41, 5.74) is 23.6. The van der Waals surface area contributed by atoms with Gasteiger partial charge < -0.3 is 35.4 Å². The summed E-state index contributed by atoms with van der Waals surface area (Å²) in [6, 6.07) is 65.8. The van der Waals surface area contributed by atoms with Crippen LogP contribution >= 0.6 is 22.7 Å². The fourth-order valence-corrected chi connectivity index (χ4v) is 15.5. The number of aliphatic imine (C=N–C) groups is 4. The van der Waals surface area contributed by atoms with E-state index < -0.39 is 0 Å². The van der Waals surface area contributed by atoms with Crippen LogP contribution in [0.25, 0.3) is 74.2 Å². The Labute approximate surface area is 781 Å². The average molecular weight is 2380 g/mol. The largest absolute Gasteiger partial charge is 0.512 e. The third-order valence-electron chi connectivity index (χ3n) is 18.6. The van der Waals surface area contributed by atoms with E-state index in [0.29, 0.717) is 5.52 Å². The van der Waals surface area contributed by atoms with Crippen LogP contribution in [-0.4, -0.2) is 80.6 Å². The van der Waals surface area contributed by atoms with Gasteiger partial charge in [0.15, 0.2) is 17.3 Å². The molecule has 16 rings (SSSR count). The molecule has 641 valence electrons. The number of thiophene rings is 2. The van der Waals surface area contributed by atoms with Crippen LogP contribution in [0.4, 0.5) is 0 Å². The molecule has 21 heteroatoms. The van der Waals surface area contributed by atoms with Crippen molar-refractivity contribution in [1.82, 2.24) is 19.9 Å². The molecule has 0 saturated carbocycles. The third kappa shape index (κ3) is 29.0. The van der Waals surface area contributed by atoms with Crippen molar-refractivity contribution in [3.63, 3.8) is 0 Å². The number of fused-ring (bicyclic) bond motifs is 8. The molecule has 0 unspecified atom stereocenters. The summed E-state index contributed by atoms with van der Waals surface area (Å²) in [5, 5.41) is 40.1. The van der Waals surface area contributed by atoms with Crippen molar-refractivity contribution in [2.75, 3.05) is 0 Å². The second kappa shape index (κ2) is 52.3. The zero-order valence-corrected chi connectivity index (χ0v) is 81.3. The summed E-state index contributed by atoms with van der Waals surface area (Å²) in [6.07, 6.45) is 26.2. The number of aromatic hydroxyl groups is 1. The summed E-state index contributed by atoms with van der Waals surface area (Å²) in [4.78, 5) is 70.3. The number of aromatic nitrogens is 4. The van der Waals surface area contributed by atoms with Gasteiger partial charge in [-0.1, -0.05) is 147 Å². The molecule has 15 nitrogen and oxygen atoms in total. The Balaban J connectivity index is 0.000000318. The van der Waals surface area contributed by atoms with Gasteiger partial charge in [0.1, 0.15) is 11.3 Å². The molecule has 3 radical (unpaired) electrons. The predicted molar refractivity (Wildman–Crippen MR) is 493 cm³/mol. The minimum absolute atomic E-state index is 0. The van der Waals surface area contributed by atoms with E-state index in [-0.39, 0.29) is 129 Å². The van der Waals surface area contributed by atoms with Gasteiger partial charge in [0.05, 0.1) is 62.9 Å². The SMILES string of the molecule is C.CC(=O)C=C(C)O.CC(=O)C=C(C)O.CC(=O)C=C(C)O.CCC1=C(C)C2=CC3=NC(=CC4=NC(=CC5=NC(=CC1=N2)C(CC)=C5CC)C(CC)=C4CC)C(CC)=C3CC.Oc1cccc2cccnc12.[Ir].[Ir].[Ir].[Pt].[c-]1c(-c2ccccn2)sc2ccccc12.[c-]1c(-c2ccccn2)sc2ccccc12.[c-]1ccccc1-c1nccc2ccccc12. The zero-order chi connectivity index (χ0) is 84.1. The van der Waals surface area contributed by atoms with E-state index in [0.717, 1.165) is 128 Å². The molecule has 6 aromatic heterocycles. The van der Waals surface area contributed by atoms with Gasteiger partial charge in [-0.25, -0.2) is 42.6 Å². The molecular formula is C101H103Ir3N8O7PtS2-3. The van der Waals surface area contributed by atoms with E-state index in [1.165, 1.54) is 135 Å². The Morgan fingerprint density at radius 2 is 0.770 bits per heavy atom. The molecule has 122 heavy (non-hydrogen) atoms. The Morgan fingerprint density at radius 1 is 0.393 bits per heavy atom. The van der Waals surface area contributed by atoms with Crippen LogP contribution < -0.4 is 0 Å². The molecule has 0 spiro atoms. The van der Waals surface area contributed by atoms with E-state index >= 15 is 0 Å². The third-order valence-corrected chi connectivity index (χ3v) is 20.8. The monoisotopic (exact) mass is 2380 g/mol. The van der Waals surface area contributed by atoms with Crippen molar-refractivity contribution >= 4 is 105 Å². The van der Waals surface area contributed by atoms with Crippen molar-refractivity contribution in [1.29, 1.82) is 0 Å². The summed E-state index contributed by atoms with van der Waals surface area (Å²) in [7, 11) is 0. The Morgan fingerprint density at radius 3 is 1.16 bits per heavy atom. The van der Waals surface area contributed by atoms with Crippen molar-refractivity contribution < 1.29 is 116 Å². The number of phenolic OH excluding ortho intramolecular Hbond substituents is 1. The molecule has 11 aromatic rings. The first-order valence-electron chi connectivity index (χ1n) is 39.2. The van der Waals surface area contributed by atoms with Crippen molar-refractivity contribution in [2.45, 2.75) is 149 Å². The average Bonchev–Trinajstić information content (AvgIpc) is 1.61. The number of hydrogen-bond acceptors (Lipinski definition) is 17. The van der Waals surface area contributed by atoms with Crippen molar-refractivity contribution in [3.8, 4) is 38.1 Å². The quantitative estimate of drug-likeness (QED) is 0.0481. The second-order valence-electron chi connectivity index (χ2n) is 27.3. The van der Waals surface area contributed by atoms with Gasteiger partial charge in [-0.15, -0.1) is 83.1 Å². The Bertz CT molecular complexity index is 5700. The van der Waals surface area contributed by atoms with Crippen molar-refractivity contribution in [2.24, 2.45) is 20.0 Å². The topological polar surface area (TPSA) is 233 Å². The van der Waals surface area contributed by atoms with E-state index in [9.17, 15) is 19.5 Å². The molecule has 8 bridgehead atoms. The number of carbonyl (C=O) groups excluding carboxylic acids is 3. The summed E-state index contributed by atoms with van der Waals surface area (Å²) in [6.45, 7) is 26.4. The zero-order valence-electron chi connectivity index (χ0n) is 70.2. The van der Waals surface area contributed by atoms with Crippen LogP contribution in [-0.2, 0) is 95.8 Å². The summed E-state index contributed by atoms with van der Waals surface area (Å²) < 4.78 is 2.52. The van der Waals surface area contributed by atoms with E-state index in [1.807, 2.05) is 128 Å². The Hall–Kier alpha value is -10.2. The van der Waals surface area contributed by atoms with Crippen molar-refractivity contribution in [3.05, 3.63) is 340 Å². The van der Waals surface area contributed by atoms with E-state index in [1.54, 1.807) is 41.0 Å². The van der Waals surface area contributed by atoms with Crippen LogP contribution in [0.2, 0.25) is 0 Å². The molecule has 4 N–H and O–H groups in total. The van der Waals surface area contributed by atoms with Crippen LogP contribution in [0, 0.1) is 18.2 Å². The molecule has 5 aliphatic rings. The molecule has 11 heterocycles. The van der Waals surface area contributed by atoms with E-state index in [2.05, 4.69) is 166 Å². The predicted octanol–water partition coefficient (Wildman–Crippen LogP) is 26.3. The minimum atomic E-state index is -0.125. The molecule has 0 saturated heterocycles. The molecule has 0 amide bonds. The number of aliphatic hydroxyl groups excluding tert-OH is 3. The van der Waals surface area contributed by atoms with Gasteiger partial charge in [0, 0.05) is 141 Å². The standard InChI is InChI=1S/C35H42N4.C15H10N.2C13H8NS.C9H7NO.3C5H8O2.CH4.3Ir.Pt/c1-9-21-20(8)28-16-30-22(10-2)23(11-3)32(37-30)18-34-26(14-6)27(15-7)35(39-34)19-33-25(13-5)24(12-4)31(38-33)17-29(21)36-28;1-2-7-13(8-3-1)15-14-9-5-4-6-12(14)10-11-16-15;2*1-2-7-12-10(5-1)9-13(15-12)11-6-3-4-8-14-11;11-8-5-1-3-7-4-2-6-10-9(7)8;3*1-4(6)3-5(2)7;;;;;/h16-19H,9-15H2,1-8H3;1-7,9-11H;2*1-8H;1-6,11H;3*3,6H,1-2H3;1H4;;;;/q;3*-1;;;;;;;;;. The number of allylic oxidation sites excluding steroid dienone is 18. The number of hydrogen-bond donors (Lipinski definition) is 4. The maximum atomic E-state index is 10.0. The first-order chi connectivity index (χ1) is 56.5. The number of ketones is 3. The van der Waals surface area contributed by atoms with Gasteiger partial charge in [-0.3, -0.25) is 19.4 Å². The molecule has 5 aliphatic heterocycles. The van der Waals surface area contributed by atoms with Gasteiger partial charge in [-0.2, -0.15) is 0 Å². The first kappa shape index (κ1) is 104. The van der Waals surface area contributed by atoms with Gasteiger partial charge >= 0.3 is 0 Å². The number of rotatable bonds is 13. The minimum Gasteiger partial charge on any atom is -0.512 e. The normalized spacial score (nSPS) is 13.5. The second-order valence-corrected chi connectivity index (χ2v) is 29.4. The van der Waals surface area contributed by atoms with Gasteiger partial charge in [0.2, 0.25) is 0 Å². The van der Waals surface area contributed by atoms with Gasteiger partial charge in [0.25, 0.3) is 0 Å². The number of carbonyl (C=O) groups is 3. The van der Waals surface area contributed by atoms with Crippen LogP contribution in [0.1, 0.15) is 149 Å². The van der Waals surface area contributed by atoms with E-state index in [4.69, 9.17) is 35.3 Å². The number of aliphatic hydroxyl groups is 3.